The van der Waals surface area contributed by atoms with Gasteiger partial charge in [-0.1, -0.05) is 23.7 Å². The molecule has 0 bridgehead atoms. The van der Waals surface area contributed by atoms with E-state index in [-0.39, 0.29) is 6.10 Å². The van der Waals surface area contributed by atoms with Crippen LogP contribution in [0.2, 0.25) is 5.02 Å². The van der Waals surface area contributed by atoms with Crippen LogP contribution in [0.15, 0.2) is 29.6 Å². The second-order valence-corrected chi connectivity index (χ2v) is 7.13. The number of hydrogen-bond donors (Lipinski definition) is 0. The summed E-state index contributed by atoms with van der Waals surface area (Å²) in [4.78, 5) is 6.80. The average molecular weight is 353 g/mol. The van der Waals surface area contributed by atoms with Crippen LogP contribution in [0.3, 0.4) is 0 Å². The topological polar surface area (TPSA) is 34.6 Å². The van der Waals surface area contributed by atoms with E-state index in [4.69, 9.17) is 21.1 Å². The summed E-state index contributed by atoms with van der Waals surface area (Å²) in [6.07, 6.45) is 1.35. The highest BCUT2D eigenvalue weighted by atomic mass is 35.5. The SMILES string of the molecule is Cc1nc(CO[C@@H]2CCN(CCOc3ccccc3Cl)C2)cs1. The van der Waals surface area contributed by atoms with E-state index in [0.29, 0.717) is 18.2 Å². The third kappa shape index (κ3) is 4.91. The molecular formula is C17H21ClN2O2S. The Morgan fingerprint density at radius 1 is 1.39 bits per heavy atom. The molecule has 0 N–H and O–H groups in total. The summed E-state index contributed by atoms with van der Waals surface area (Å²) in [5, 5.41) is 3.82. The number of aryl methyl sites for hydroxylation is 1. The van der Waals surface area contributed by atoms with E-state index >= 15 is 0 Å². The number of ether oxygens (including phenoxy) is 2. The van der Waals surface area contributed by atoms with Gasteiger partial charge in [0.2, 0.25) is 0 Å². The average Bonchev–Trinajstić information content (AvgIpc) is 3.16. The number of thiazole rings is 1. The van der Waals surface area contributed by atoms with Crippen LogP contribution in [0.5, 0.6) is 5.75 Å². The monoisotopic (exact) mass is 352 g/mol. The lowest BCUT2D eigenvalue weighted by Gasteiger charge is -2.16. The van der Waals surface area contributed by atoms with Crippen molar-refractivity contribution in [3.8, 4) is 5.75 Å². The Labute approximate surface area is 146 Å². The van der Waals surface area contributed by atoms with Crippen molar-refractivity contribution in [3.63, 3.8) is 0 Å². The van der Waals surface area contributed by atoms with Crippen molar-refractivity contribution in [1.82, 2.24) is 9.88 Å². The fourth-order valence-corrected chi connectivity index (χ4v) is 3.45. The number of aromatic nitrogens is 1. The number of halogens is 1. The quantitative estimate of drug-likeness (QED) is 0.759. The number of nitrogens with zero attached hydrogens (tertiary/aromatic N) is 2. The highest BCUT2D eigenvalue weighted by Crippen LogP contribution is 2.23. The molecule has 1 aromatic heterocycles. The molecule has 0 aliphatic carbocycles. The normalized spacial score (nSPS) is 18.4. The molecule has 0 spiro atoms. The second kappa shape index (κ2) is 8.11. The first kappa shape index (κ1) is 16.7. The standard InChI is InChI=1S/C17H21ClN2O2S/c1-13-19-14(12-23-13)11-22-15-6-7-20(10-15)8-9-21-17-5-3-2-4-16(17)18/h2-5,12,15H,6-11H2,1H3/t15-/m1/s1. The number of rotatable bonds is 7. The zero-order chi connectivity index (χ0) is 16.1. The van der Waals surface area contributed by atoms with Gasteiger partial charge in [0.1, 0.15) is 12.4 Å². The van der Waals surface area contributed by atoms with Crippen LogP contribution in [-0.2, 0) is 11.3 Å². The summed E-state index contributed by atoms with van der Waals surface area (Å²) in [6, 6.07) is 7.58. The summed E-state index contributed by atoms with van der Waals surface area (Å²) in [7, 11) is 0. The van der Waals surface area contributed by atoms with Crippen molar-refractivity contribution in [3.05, 3.63) is 45.4 Å². The first-order valence-corrected chi connectivity index (χ1v) is 9.09. The number of hydrogen-bond acceptors (Lipinski definition) is 5. The lowest BCUT2D eigenvalue weighted by Crippen LogP contribution is -2.27. The van der Waals surface area contributed by atoms with Gasteiger partial charge in [-0.05, 0) is 25.5 Å². The Hall–Kier alpha value is -1.14. The van der Waals surface area contributed by atoms with Crippen molar-refractivity contribution in [1.29, 1.82) is 0 Å². The molecule has 23 heavy (non-hydrogen) atoms. The molecule has 1 aliphatic rings. The Kier molecular flexibility index (Phi) is 5.89. The van der Waals surface area contributed by atoms with E-state index in [2.05, 4.69) is 15.3 Å². The van der Waals surface area contributed by atoms with E-state index in [9.17, 15) is 0 Å². The first-order chi connectivity index (χ1) is 11.2. The van der Waals surface area contributed by atoms with Crippen LogP contribution in [0.4, 0.5) is 0 Å². The molecule has 0 saturated carbocycles. The lowest BCUT2D eigenvalue weighted by molar-refractivity contribution is 0.0441. The molecule has 1 fully saturated rings. The first-order valence-electron chi connectivity index (χ1n) is 7.83. The zero-order valence-corrected chi connectivity index (χ0v) is 14.8. The number of likely N-dealkylation sites (tertiary alicyclic amines) is 1. The molecule has 6 heteroatoms. The van der Waals surface area contributed by atoms with Crippen LogP contribution >= 0.6 is 22.9 Å². The third-order valence-electron chi connectivity index (χ3n) is 3.86. The van der Waals surface area contributed by atoms with E-state index < -0.39 is 0 Å². The number of benzene rings is 1. The highest BCUT2D eigenvalue weighted by molar-refractivity contribution is 7.09. The third-order valence-corrected chi connectivity index (χ3v) is 5.00. The Morgan fingerprint density at radius 3 is 3.04 bits per heavy atom. The molecule has 1 aromatic carbocycles. The molecule has 0 radical (unpaired) electrons. The maximum absolute atomic E-state index is 6.08. The van der Waals surface area contributed by atoms with E-state index in [1.807, 2.05) is 31.2 Å². The van der Waals surface area contributed by atoms with Crippen molar-refractivity contribution in [2.45, 2.75) is 26.1 Å². The Morgan fingerprint density at radius 2 is 2.26 bits per heavy atom. The summed E-state index contributed by atoms with van der Waals surface area (Å²) >= 11 is 7.75. The summed E-state index contributed by atoms with van der Waals surface area (Å²) in [5.74, 6) is 0.750. The molecule has 0 unspecified atom stereocenters. The fraction of sp³-hybridized carbons (Fsp3) is 0.471. The minimum absolute atomic E-state index is 0.289. The van der Waals surface area contributed by atoms with E-state index in [0.717, 1.165) is 42.5 Å². The fourth-order valence-electron chi connectivity index (χ4n) is 2.66. The van der Waals surface area contributed by atoms with Crippen LogP contribution in [0.25, 0.3) is 0 Å². The predicted octanol–water partition coefficient (Wildman–Crippen LogP) is 3.77. The molecule has 2 aromatic rings. The van der Waals surface area contributed by atoms with Gasteiger partial charge in [-0.3, -0.25) is 4.90 Å². The van der Waals surface area contributed by atoms with Crippen molar-refractivity contribution in [2.75, 3.05) is 26.2 Å². The highest BCUT2D eigenvalue weighted by Gasteiger charge is 2.23. The van der Waals surface area contributed by atoms with Crippen molar-refractivity contribution < 1.29 is 9.47 Å². The van der Waals surface area contributed by atoms with Crippen LogP contribution in [0.1, 0.15) is 17.1 Å². The van der Waals surface area contributed by atoms with Crippen molar-refractivity contribution >= 4 is 22.9 Å². The lowest BCUT2D eigenvalue weighted by atomic mass is 10.3. The zero-order valence-electron chi connectivity index (χ0n) is 13.2. The summed E-state index contributed by atoms with van der Waals surface area (Å²) < 4.78 is 11.7. The maximum Gasteiger partial charge on any atom is 0.137 e. The molecule has 1 aliphatic heterocycles. The smallest absolute Gasteiger partial charge is 0.137 e. The number of para-hydroxylation sites is 1. The molecule has 0 amide bonds. The predicted molar refractivity (Wildman–Crippen MR) is 93.4 cm³/mol. The van der Waals surface area contributed by atoms with Crippen molar-refractivity contribution in [2.24, 2.45) is 0 Å². The molecule has 124 valence electrons. The van der Waals surface area contributed by atoms with Gasteiger partial charge in [0.15, 0.2) is 0 Å². The van der Waals surface area contributed by atoms with Crippen LogP contribution in [-0.4, -0.2) is 42.2 Å². The van der Waals surface area contributed by atoms with E-state index in [1.165, 1.54) is 0 Å². The van der Waals surface area contributed by atoms with Gasteiger partial charge < -0.3 is 9.47 Å². The maximum atomic E-state index is 6.08. The largest absolute Gasteiger partial charge is 0.491 e. The van der Waals surface area contributed by atoms with Gasteiger partial charge in [-0.2, -0.15) is 0 Å². The van der Waals surface area contributed by atoms with Gasteiger partial charge in [0, 0.05) is 25.0 Å². The molecule has 3 rings (SSSR count). The minimum atomic E-state index is 0.289. The van der Waals surface area contributed by atoms with Gasteiger partial charge in [-0.25, -0.2) is 4.98 Å². The summed E-state index contributed by atoms with van der Waals surface area (Å²) in [6.45, 7) is 6.16. The van der Waals surface area contributed by atoms with E-state index in [1.54, 1.807) is 11.3 Å². The van der Waals surface area contributed by atoms with Crippen LogP contribution < -0.4 is 4.74 Å². The van der Waals surface area contributed by atoms with Gasteiger partial charge in [-0.15, -0.1) is 11.3 Å². The second-order valence-electron chi connectivity index (χ2n) is 5.66. The Bertz CT molecular complexity index is 635. The molecule has 1 saturated heterocycles. The molecule has 2 heterocycles. The van der Waals surface area contributed by atoms with Gasteiger partial charge in [0.05, 0.1) is 28.4 Å². The summed E-state index contributed by atoms with van der Waals surface area (Å²) in [5.41, 5.74) is 1.04. The molecular weight excluding hydrogens is 332 g/mol. The Balaban J connectivity index is 1.36. The minimum Gasteiger partial charge on any atom is -0.491 e. The van der Waals surface area contributed by atoms with Crippen LogP contribution in [0, 0.1) is 6.92 Å². The molecule has 4 nitrogen and oxygen atoms in total. The van der Waals surface area contributed by atoms with Gasteiger partial charge >= 0.3 is 0 Å². The molecule has 1 atom stereocenters. The van der Waals surface area contributed by atoms with Gasteiger partial charge in [0.25, 0.3) is 0 Å².